The predicted molar refractivity (Wildman–Crippen MR) is 75.9 cm³/mol. The van der Waals surface area contributed by atoms with Crippen LogP contribution in [-0.4, -0.2) is 11.3 Å². The van der Waals surface area contributed by atoms with Crippen LogP contribution in [0, 0.1) is 6.92 Å². The largest absolute Gasteiger partial charge is 0.507 e. The van der Waals surface area contributed by atoms with Gasteiger partial charge in [0.05, 0.1) is 5.69 Å². The number of benzene rings is 2. The van der Waals surface area contributed by atoms with Crippen molar-refractivity contribution in [3.8, 4) is 5.75 Å². The quantitative estimate of drug-likeness (QED) is 0.806. The van der Waals surface area contributed by atoms with Gasteiger partial charge in [0.1, 0.15) is 5.75 Å². The van der Waals surface area contributed by atoms with E-state index in [4.69, 9.17) is 0 Å². The van der Waals surface area contributed by atoms with E-state index in [0.717, 1.165) is 28.8 Å². The molecule has 0 heterocycles. The molecule has 0 aliphatic carbocycles. The molecule has 0 bridgehead atoms. The number of hydrogen-bond donors (Lipinski definition) is 1. The molecule has 0 fully saturated rings. The predicted octanol–water partition coefficient (Wildman–Crippen LogP) is 4.01. The normalized spacial score (nSPS) is 11.0. The van der Waals surface area contributed by atoms with Crippen LogP contribution in [0.5, 0.6) is 5.75 Å². The minimum Gasteiger partial charge on any atom is -0.507 e. The maximum atomic E-state index is 10.1. The zero-order chi connectivity index (χ0) is 13.0. The maximum absolute atomic E-state index is 10.1. The van der Waals surface area contributed by atoms with Crippen molar-refractivity contribution in [3.63, 3.8) is 0 Å². The van der Waals surface area contributed by atoms with Crippen molar-refractivity contribution in [1.29, 1.82) is 0 Å². The van der Waals surface area contributed by atoms with E-state index in [-0.39, 0.29) is 0 Å². The Morgan fingerprint density at radius 1 is 1.17 bits per heavy atom. The minimum atomic E-state index is 0.336. The minimum absolute atomic E-state index is 0.336. The molecule has 0 radical (unpaired) electrons. The SMILES string of the molecule is CCc1cc(C)cc(C=Nc2ccccc2)c1O. The summed E-state index contributed by atoms with van der Waals surface area (Å²) in [5.74, 6) is 0.336. The second-order valence-electron chi connectivity index (χ2n) is 4.31. The number of phenols is 1. The van der Waals surface area contributed by atoms with E-state index in [0.29, 0.717) is 5.75 Å². The lowest BCUT2D eigenvalue weighted by Gasteiger charge is -2.06. The van der Waals surface area contributed by atoms with Crippen LogP contribution in [0.25, 0.3) is 0 Å². The Bertz CT molecular complexity index is 559. The molecule has 2 nitrogen and oxygen atoms in total. The topological polar surface area (TPSA) is 32.6 Å². The Labute approximate surface area is 108 Å². The van der Waals surface area contributed by atoms with E-state index >= 15 is 0 Å². The third-order valence-corrected chi connectivity index (χ3v) is 2.85. The Morgan fingerprint density at radius 2 is 1.89 bits per heavy atom. The van der Waals surface area contributed by atoms with Crippen LogP contribution in [0.1, 0.15) is 23.6 Å². The van der Waals surface area contributed by atoms with Crippen LogP contribution >= 0.6 is 0 Å². The van der Waals surface area contributed by atoms with E-state index in [1.165, 1.54) is 0 Å². The van der Waals surface area contributed by atoms with Gasteiger partial charge in [-0.15, -0.1) is 0 Å². The molecule has 0 aromatic heterocycles. The summed E-state index contributed by atoms with van der Waals surface area (Å²) in [6, 6.07) is 13.7. The van der Waals surface area contributed by atoms with E-state index in [1.807, 2.05) is 56.3 Å². The number of rotatable bonds is 3. The van der Waals surface area contributed by atoms with Crippen molar-refractivity contribution in [1.82, 2.24) is 0 Å². The van der Waals surface area contributed by atoms with Gasteiger partial charge in [-0.3, -0.25) is 4.99 Å². The summed E-state index contributed by atoms with van der Waals surface area (Å²) in [6.45, 7) is 4.06. The van der Waals surface area contributed by atoms with Crippen molar-refractivity contribution < 1.29 is 5.11 Å². The molecule has 92 valence electrons. The van der Waals surface area contributed by atoms with Gasteiger partial charge in [0, 0.05) is 11.8 Å². The summed E-state index contributed by atoms with van der Waals surface area (Å²) in [5.41, 5.74) is 3.76. The van der Waals surface area contributed by atoms with Gasteiger partial charge in [-0.25, -0.2) is 0 Å². The lowest BCUT2D eigenvalue weighted by molar-refractivity contribution is 0.468. The molecule has 0 unspecified atom stereocenters. The number of aromatic hydroxyl groups is 1. The Kier molecular flexibility index (Phi) is 3.78. The van der Waals surface area contributed by atoms with E-state index in [1.54, 1.807) is 6.21 Å². The molecule has 1 N–H and O–H groups in total. The highest BCUT2D eigenvalue weighted by Crippen LogP contribution is 2.24. The standard InChI is InChI=1S/C16H17NO/c1-3-13-9-12(2)10-14(16(13)18)11-17-15-7-5-4-6-8-15/h4-11,18H,3H2,1-2H3. The third kappa shape index (κ3) is 2.77. The average molecular weight is 239 g/mol. The second kappa shape index (κ2) is 5.50. The smallest absolute Gasteiger partial charge is 0.127 e. The van der Waals surface area contributed by atoms with Crippen LogP contribution in [0.15, 0.2) is 47.5 Å². The molecule has 18 heavy (non-hydrogen) atoms. The van der Waals surface area contributed by atoms with Crippen molar-refractivity contribution in [2.24, 2.45) is 4.99 Å². The van der Waals surface area contributed by atoms with Gasteiger partial charge in [-0.2, -0.15) is 0 Å². The molecule has 0 spiro atoms. The fourth-order valence-electron chi connectivity index (χ4n) is 1.91. The molecule has 2 aromatic rings. The van der Waals surface area contributed by atoms with Gasteiger partial charge in [0.15, 0.2) is 0 Å². The molecule has 0 aliphatic rings. The first kappa shape index (κ1) is 12.4. The van der Waals surface area contributed by atoms with Gasteiger partial charge >= 0.3 is 0 Å². The van der Waals surface area contributed by atoms with E-state index < -0.39 is 0 Å². The molecular formula is C16H17NO. The molecule has 0 aliphatic heterocycles. The zero-order valence-corrected chi connectivity index (χ0v) is 10.7. The van der Waals surface area contributed by atoms with E-state index in [2.05, 4.69) is 4.99 Å². The Morgan fingerprint density at radius 3 is 2.56 bits per heavy atom. The van der Waals surface area contributed by atoms with Crippen LogP contribution < -0.4 is 0 Å². The second-order valence-corrected chi connectivity index (χ2v) is 4.31. The van der Waals surface area contributed by atoms with Crippen LogP contribution in [0.4, 0.5) is 5.69 Å². The van der Waals surface area contributed by atoms with Crippen molar-refractivity contribution >= 4 is 11.9 Å². The number of aryl methyl sites for hydroxylation is 2. The molecule has 2 aromatic carbocycles. The number of aliphatic imine (C=N–C) groups is 1. The summed E-state index contributed by atoms with van der Waals surface area (Å²) < 4.78 is 0. The summed E-state index contributed by atoms with van der Waals surface area (Å²) in [7, 11) is 0. The first-order valence-electron chi connectivity index (χ1n) is 6.12. The first-order chi connectivity index (χ1) is 8.70. The van der Waals surface area contributed by atoms with Crippen molar-refractivity contribution in [2.75, 3.05) is 0 Å². The lowest BCUT2D eigenvalue weighted by atomic mass is 10.0. The van der Waals surface area contributed by atoms with Gasteiger partial charge in [0.25, 0.3) is 0 Å². The van der Waals surface area contributed by atoms with Gasteiger partial charge in [0.2, 0.25) is 0 Å². The average Bonchev–Trinajstić information content (AvgIpc) is 2.40. The zero-order valence-electron chi connectivity index (χ0n) is 10.7. The van der Waals surface area contributed by atoms with Gasteiger partial charge in [-0.05, 0) is 42.7 Å². The van der Waals surface area contributed by atoms with Gasteiger partial charge in [-0.1, -0.05) is 31.2 Å². The molecule has 2 rings (SSSR count). The highest BCUT2D eigenvalue weighted by Gasteiger charge is 2.05. The molecule has 2 heteroatoms. The molecule has 0 atom stereocenters. The Balaban J connectivity index is 2.35. The number of nitrogens with zero attached hydrogens (tertiary/aromatic N) is 1. The van der Waals surface area contributed by atoms with Crippen LogP contribution in [0.3, 0.4) is 0 Å². The monoisotopic (exact) mass is 239 g/mol. The molecule has 0 saturated carbocycles. The van der Waals surface area contributed by atoms with Crippen molar-refractivity contribution in [3.05, 3.63) is 59.2 Å². The first-order valence-corrected chi connectivity index (χ1v) is 6.12. The highest BCUT2D eigenvalue weighted by molar-refractivity contribution is 5.86. The van der Waals surface area contributed by atoms with Crippen molar-refractivity contribution in [2.45, 2.75) is 20.3 Å². The fourth-order valence-corrected chi connectivity index (χ4v) is 1.91. The number of phenolic OH excluding ortho intramolecular Hbond substituents is 1. The summed E-state index contributed by atoms with van der Waals surface area (Å²) in [4.78, 5) is 4.37. The Hall–Kier alpha value is -2.09. The maximum Gasteiger partial charge on any atom is 0.127 e. The summed E-state index contributed by atoms with van der Waals surface area (Å²) in [6.07, 6.45) is 2.54. The molecule has 0 amide bonds. The number of hydrogen-bond acceptors (Lipinski definition) is 2. The molecule has 0 saturated heterocycles. The highest BCUT2D eigenvalue weighted by atomic mass is 16.3. The lowest BCUT2D eigenvalue weighted by Crippen LogP contribution is -1.90. The van der Waals surface area contributed by atoms with Crippen LogP contribution in [-0.2, 0) is 6.42 Å². The molecular weight excluding hydrogens is 222 g/mol. The fraction of sp³-hybridized carbons (Fsp3) is 0.188. The number of para-hydroxylation sites is 1. The van der Waals surface area contributed by atoms with Gasteiger partial charge < -0.3 is 5.11 Å². The summed E-state index contributed by atoms with van der Waals surface area (Å²) in [5, 5.41) is 10.1. The van der Waals surface area contributed by atoms with Crippen LogP contribution in [0.2, 0.25) is 0 Å². The summed E-state index contributed by atoms with van der Waals surface area (Å²) >= 11 is 0. The van der Waals surface area contributed by atoms with E-state index in [9.17, 15) is 5.11 Å². The third-order valence-electron chi connectivity index (χ3n) is 2.85.